The van der Waals surface area contributed by atoms with Crippen LogP contribution in [-0.2, 0) is 0 Å². The fourth-order valence-corrected chi connectivity index (χ4v) is 3.94. The summed E-state index contributed by atoms with van der Waals surface area (Å²) >= 11 is 0. The monoisotopic (exact) mass is 360 g/mol. The molecule has 1 atom stereocenters. The number of nitrogens with zero attached hydrogens (tertiary/aromatic N) is 2. The minimum absolute atomic E-state index is 0.256. The van der Waals surface area contributed by atoms with Crippen LogP contribution in [0.1, 0.15) is 25.8 Å². The summed E-state index contributed by atoms with van der Waals surface area (Å²) in [4.78, 5) is 5.04. The fourth-order valence-electron chi connectivity index (χ4n) is 3.94. The summed E-state index contributed by atoms with van der Waals surface area (Å²) in [5.41, 5.74) is 2.39. The Morgan fingerprint density at radius 2 is 2.15 bits per heavy atom. The van der Waals surface area contributed by atoms with E-state index in [1.165, 1.54) is 5.57 Å². The molecule has 0 saturated carbocycles. The molecule has 2 aliphatic heterocycles. The highest BCUT2D eigenvalue weighted by Gasteiger charge is 2.27. The molecule has 0 spiro atoms. The van der Waals surface area contributed by atoms with Crippen LogP contribution in [0.2, 0.25) is 0 Å². The smallest absolute Gasteiger partial charge is 0.127 e. The molecule has 144 valence electrons. The third-order valence-corrected chi connectivity index (χ3v) is 5.17. The number of fused-ring (bicyclic) bond motifs is 1. The maximum atomic E-state index is 9.45. The van der Waals surface area contributed by atoms with E-state index in [4.69, 9.17) is 9.47 Å². The Balaban J connectivity index is 1.64. The van der Waals surface area contributed by atoms with Crippen LogP contribution >= 0.6 is 0 Å². The van der Waals surface area contributed by atoms with Crippen LogP contribution < -0.4 is 9.47 Å². The number of piperazine rings is 1. The Labute approximate surface area is 157 Å². The van der Waals surface area contributed by atoms with Gasteiger partial charge in [-0.3, -0.25) is 9.80 Å². The highest BCUT2D eigenvalue weighted by atomic mass is 16.5. The van der Waals surface area contributed by atoms with Crippen molar-refractivity contribution in [2.24, 2.45) is 5.92 Å². The minimum atomic E-state index is 0.256. The molecule has 1 fully saturated rings. The van der Waals surface area contributed by atoms with Crippen LogP contribution in [0.3, 0.4) is 0 Å². The molecule has 0 radical (unpaired) electrons. The average Bonchev–Trinajstić information content (AvgIpc) is 2.63. The van der Waals surface area contributed by atoms with Gasteiger partial charge in [-0.05, 0) is 42.2 Å². The van der Waals surface area contributed by atoms with Crippen LogP contribution in [0.4, 0.5) is 0 Å². The molecule has 1 N–H and O–H groups in total. The zero-order valence-electron chi connectivity index (χ0n) is 16.3. The fraction of sp³-hybridized carbons (Fsp3) is 0.619. The van der Waals surface area contributed by atoms with Crippen LogP contribution in [-0.4, -0.2) is 74.0 Å². The second-order valence-electron chi connectivity index (χ2n) is 7.79. The third kappa shape index (κ3) is 4.78. The van der Waals surface area contributed by atoms with Crippen molar-refractivity contribution in [2.75, 3.05) is 53.0 Å². The van der Waals surface area contributed by atoms with Crippen LogP contribution in [0.25, 0.3) is 6.08 Å². The Morgan fingerprint density at radius 3 is 2.88 bits per heavy atom. The summed E-state index contributed by atoms with van der Waals surface area (Å²) in [6.45, 7) is 10.6. The second-order valence-corrected chi connectivity index (χ2v) is 7.79. The first-order valence-corrected chi connectivity index (χ1v) is 9.66. The maximum Gasteiger partial charge on any atom is 0.127 e. The van der Waals surface area contributed by atoms with E-state index in [1.807, 2.05) is 18.2 Å². The molecule has 1 aromatic rings. The van der Waals surface area contributed by atoms with Crippen molar-refractivity contribution < 1.29 is 14.6 Å². The first-order valence-electron chi connectivity index (χ1n) is 9.66. The highest BCUT2D eigenvalue weighted by molar-refractivity contribution is 5.64. The van der Waals surface area contributed by atoms with Gasteiger partial charge in [-0.2, -0.15) is 0 Å². The molecule has 2 aliphatic rings. The standard InChI is InChI=1S/C21H32N2O3/c1-16(2)12-23-8-7-22(14-19(23)6-9-24)13-17-10-18-11-20(25-3)4-5-21(18)26-15-17/h4-5,10-11,16,19,24H,6-9,12-15H2,1-3H3. The van der Waals surface area contributed by atoms with Gasteiger partial charge in [-0.15, -0.1) is 0 Å². The quantitative estimate of drug-likeness (QED) is 0.809. The molecule has 1 aromatic carbocycles. The second kappa shape index (κ2) is 8.89. The first-order chi connectivity index (χ1) is 12.6. The number of ether oxygens (including phenoxy) is 2. The van der Waals surface area contributed by atoms with Gasteiger partial charge in [-0.25, -0.2) is 0 Å². The molecule has 0 amide bonds. The van der Waals surface area contributed by atoms with E-state index in [-0.39, 0.29) is 6.61 Å². The normalized spacial score (nSPS) is 21.3. The van der Waals surface area contributed by atoms with E-state index in [2.05, 4.69) is 29.7 Å². The molecular weight excluding hydrogens is 328 g/mol. The lowest BCUT2D eigenvalue weighted by Crippen LogP contribution is -2.54. The molecule has 26 heavy (non-hydrogen) atoms. The number of rotatable bonds is 7. The highest BCUT2D eigenvalue weighted by Crippen LogP contribution is 2.30. The molecule has 1 saturated heterocycles. The van der Waals surface area contributed by atoms with E-state index in [0.29, 0.717) is 18.6 Å². The van der Waals surface area contributed by atoms with Crippen LogP contribution in [0.5, 0.6) is 11.5 Å². The van der Waals surface area contributed by atoms with Crippen molar-refractivity contribution in [1.82, 2.24) is 9.80 Å². The molecular formula is C21H32N2O3. The lowest BCUT2D eigenvalue weighted by atomic mass is 10.0. The predicted molar refractivity (Wildman–Crippen MR) is 105 cm³/mol. The summed E-state index contributed by atoms with van der Waals surface area (Å²) in [7, 11) is 1.69. The summed E-state index contributed by atoms with van der Waals surface area (Å²) in [6, 6.07) is 6.38. The number of hydrogen-bond donors (Lipinski definition) is 1. The van der Waals surface area contributed by atoms with Gasteiger partial charge < -0.3 is 14.6 Å². The first kappa shape index (κ1) is 19.2. The van der Waals surface area contributed by atoms with Gasteiger partial charge in [0.25, 0.3) is 0 Å². The van der Waals surface area contributed by atoms with Gasteiger partial charge in [0.05, 0.1) is 7.11 Å². The zero-order chi connectivity index (χ0) is 18.5. The lowest BCUT2D eigenvalue weighted by molar-refractivity contribution is 0.0548. The van der Waals surface area contributed by atoms with E-state index < -0.39 is 0 Å². The number of aliphatic hydroxyl groups excluding tert-OH is 1. The van der Waals surface area contributed by atoms with Crippen molar-refractivity contribution in [2.45, 2.75) is 26.3 Å². The third-order valence-electron chi connectivity index (χ3n) is 5.17. The molecule has 0 bridgehead atoms. The number of aliphatic hydroxyl groups is 1. The molecule has 0 aromatic heterocycles. The Hall–Kier alpha value is -1.56. The summed E-state index contributed by atoms with van der Waals surface area (Å²) in [6.07, 6.45) is 3.09. The van der Waals surface area contributed by atoms with E-state index in [9.17, 15) is 5.11 Å². The maximum absolute atomic E-state index is 9.45. The van der Waals surface area contributed by atoms with Gasteiger partial charge in [0.15, 0.2) is 0 Å². The van der Waals surface area contributed by atoms with Gasteiger partial charge >= 0.3 is 0 Å². The van der Waals surface area contributed by atoms with Crippen LogP contribution in [0, 0.1) is 5.92 Å². The molecule has 3 rings (SSSR count). The Kier molecular flexibility index (Phi) is 6.57. The van der Waals surface area contributed by atoms with E-state index in [0.717, 1.165) is 56.2 Å². The summed E-state index contributed by atoms with van der Waals surface area (Å²) in [5, 5.41) is 9.45. The Bertz CT molecular complexity index is 630. The molecule has 1 unspecified atom stereocenters. The average molecular weight is 360 g/mol. The van der Waals surface area contributed by atoms with E-state index >= 15 is 0 Å². The van der Waals surface area contributed by atoms with Crippen molar-refractivity contribution in [1.29, 1.82) is 0 Å². The van der Waals surface area contributed by atoms with Crippen molar-refractivity contribution in [3.8, 4) is 11.5 Å². The molecule has 5 heteroatoms. The van der Waals surface area contributed by atoms with Crippen molar-refractivity contribution >= 4 is 6.08 Å². The van der Waals surface area contributed by atoms with Gasteiger partial charge in [-0.1, -0.05) is 13.8 Å². The minimum Gasteiger partial charge on any atom is -0.497 e. The van der Waals surface area contributed by atoms with E-state index in [1.54, 1.807) is 7.11 Å². The summed E-state index contributed by atoms with van der Waals surface area (Å²) < 4.78 is 11.2. The molecule has 5 nitrogen and oxygen atoms in total. The topological polar surface area (TPSA) is 45.2 Å². The lowest BCUT2D eigenvalue weighted by Gasteiger charge is -2.42. The van der Waals surface area contributed by atoms with Crippen molar-refractivity contribution in [3.05, 3.63) is 29.3 Å². The van der Waals surface area contributed by atoms with Gasteiger partial charge in [0, 0.05) is 50.9 Å². The Morgan fingerprint density at radius 1 is 1.31 bits per heavy atom. The number of benzene rings is 1. The van der Waals surface area contributed by atoms with Gasteiger partial charge in [0.2, 0.25) is 0 Å². The SMILES string of the molecule is COc1ccc2c(c1)C=C(CN1CCN(CC(C)C)C(CCO)C1)CO2. The zero-order valence-corrected chi connectivity index (χ0v) is 16.3. The predicted octanol–water partition coefficient (Wildman–Crippen LogP) is 2.50. The van der Waals surface area contributed by atoms with Crippen molar-refractivity contribution in [3.63, 3.8) is 0 Å². The molecule has 2 heterocycles. The van der Waals surface area contributed by atoms with Crippen LogP contribution in [0.15, 0.2) is 23.8 Å². The summed E-state index contributed by atoms with van der Waals surface area (Å²) in [5.74, 6) is 2.44. The molecule has 0 aliphatic carbocycles. The number of methoxy groups -OCH3 is 1. The van der Waals surface area contributed by atoms with Gasteiger partial charge in [0.1, 0.15) is 18.1 Å². The number of hydrogen-bond acceptors (Lipinski definition) is 5. The largest absolute Gasteiger partial charge is 0.497 e.